The van der Waals surface area contributed by atoms with Crippen LogP contribution in [0.1, 0.15) is 13.3 Å². The van der Waals surface area contributed by atoms with E-state index < -0.39 is 9.24 Å². The van der Waals surface area contributed by atoms with Gasteiger partial charge in [0.1, 0.15) is 0 Å². The maximum Gasteiger partial charge on any atom is 0.299 e. The molecule has 0 saturated carbocycles. The van der Waals surface area contributed by atoms with Crippen LogP contribution in [-0.4, -0.2) is 50.3 Å². The Morgan fingerprint density at radius 2 is 1.77 bits per heavy atom. The monoisotopic (exact) mass is 226 g/mol. The lowest BCUT2D eigenvalue weighted by molar-refractivity contribution is 0.190. The zero-order chi connectivity index (χ0) is 9.90. The zero-order valence-electron chi connectivity index (χ0n) is 7.74. The van der Waals surface area contributed by atoms with Crippen LogP contribution < -0.4 is 0 Å². The van der Waals surface area contributed by atoms with E-state index in [0.717, 1.165) is 26.1 Å². The average molecular weight is 227 g/mol. The average Bonchev–Trinajstić information content (AvgIpc) is 2.04. The van der Waals surface area contributed by atoms with Crippen LogP contribution in [0, 0.1) is 0 Å². The van der Waals surface area contributed by atoms with Crippen molar-refractivity contribution in [2.24, 2.45) is 0 Å². The topological polar surface area (TPSA) is 40.6 Å². The molecule has 1 rings (SSSR count). The molecule has 0 bridgehead atoms. The SMILES string of the molecule is CCCN1CCN(S(=O)(=O)Cl)CC1. The fourth-order valence-electron chi connectivity index (χ4n) is 1.49. The molecule has 13 heavy (non-hydrogen) atoms. The first-order chi connectivity index (χ1) is 6.04. The summed E-state index contributed by atoms with van der Waals surface area (Å²) in [6, 6.07) is 0. The van der Waals surface area contributed by atoms with Gasteiger partial charge < -0.3 is 4.90 Å². The van der Waals surface area contributed by atoms with Crippen molar-refractivity contribution in [2.45, 2.75) is 13.3 Å². The number of nitrogens with zero attached hydrogens (tertiary/aromatic N) is 2. The Morgan fingerprint density at radius 1 is 1.23 bits per heavy atom. The van der Waals surface area contributed by atoms with E-state index in [0.29, 0.717) is 13.1 Å². The summed E-state index contributed by atoms with van der Waals surface area (Å²) in [6.07, 6.45) is 1.10. The van der Waals surface area contributed by atoms with Crippen LogP contribution in [0.3, 0.4) is 0 Å². The second kappa shape index (κ2) is 4.59. The van der Waals surface area contributed by atoms with Gasteiger partial charge in [0, 0.05) is 36.9 Å². The highest BCUT2D eigenvalue weighted by atomic mass is 35.7. The molecule has 1 fully saturated rings. The summed E-state index contributed by atoms with van der Waals surface area (Å²) in [5.41, 5.74) is 0. The molecule has 4 nitrogen and oxygen atoms in total. The normalized spacial score (nSPS) is 22.0. The Morgan fingerprint density at radius 3 is 2.15 bits per heavy atom. The van der Waals surface area contributed by atoms with Gasteiger partial charge >= 0.3 is 0 Å². The van der Waals surface area contributed by atoms with E-state index in [1.165, 1.54) is 4.31 Å². The Bertz CT molecular complexity index is 247. The quantitative estimate of drug-likeness (QED) is 0.658. The van der Waals surface area contributed by atoms with Crippen LogP contribution in [-0.2, 0) is 9.24 Å². The lowest BCUT2D eigenvalue weighted by atomic mass is 10.3. The van der Waals surface area contributed by atoms with Gasteiger partial charge in [0.2, 0.25) is 0 Å². The lowest BCUT2D eigenvalue weighted by Crippen LogP contribution is -2.47. The predicted octanol–water partition coefficient (Wildman–Crippen LogP) is 0.498. The number of hydrogen-bond acceptors (Lipinski definition) is 3. The molecule has 0 radical (unpaired) electrons. The molecule has 0 amide bonds. The third-order valence-electron chi connectivity index (χ3n) is 2.18. The van der Waals surface area contributed by atoms with E-state index in [-0.39, 0.29) is 0 Å². The number of rotatable bonds is 3. The summed E-state index contributed by atoms with van der Waals surface area (Å²) < 4.78 is 23.2. The molecule has 1 heterocycles. The predicted molar refractivity (Wildman–Crippen MR) is 53.1 cm³/mol. The Hall–Kier alpha value is 0.160. The van der Waals surface area contributed by atoms with Gasteiger partial charge in [-0.15, -0.1) is 0 Å². The van der Waals surface area contributed by atoms with E-state index in [4.69, 9.17) is 10.7 Å². The van der Waals surface area contributed by atoms with Gasteiger partial charge in [-0.2, -0.15) is 12.7 Å². The molecule has 0 aromatic carbocycles. The van der Waals surface area contributed by atoms with Crippen LogP contribution in [0.4, 0.5) is 0 Å². The number of halogens is 1. The number of piperazine rings is 1. The summed E-state index contributed by atoms with van der Waals surface area (Å²) in [6.45, 7) is 5.78. The smallest absolute Gasteiger partial charge is 0.299 e. The summed E-state index contributed by atoms with van der Waals surface area (Å²) in [4.78, 5) is 2.25. The van der Waals surface area contributed by atoms with Gasteiger partial charge in [-0.25, -0.2) is 0 Å². The Kier molecular flexibility index (Phi) is 3.97. The molecule has 0 aromatic rings. The molecule has 78 valence electrons. The van der Waals surface area contributed by atoms with Crippen molar-refractivity contribution in [3.63, 3.8) is 0 Å². The van der Waals surface area contributed by atoms with Gasteiger partial charge in [0.15, 0.2) is 0 Å². The van der Waals surface area contributed by atoms with Crippen molar-refractivity contribution in [1.82, 2.24) is 9.21 Å². The van der Waals surface area contributed by atoms with Gasteiger partial charge in [-0.05, 0) is 13.0 Å². The number of hydrogen-bond donors (Lipinski definition) is 0. The zero-order valence-corrected chi connectivity index (χ0v) is 9.31. The highest BCUT2D eigenvalue weighted by Gasteiger charge is 2.24. The fraction of sp³-hybridized carbons (Fsp3) is 1.00. The van der Waals surface area contributed by atoms with Crippen molar-refractivity contribution >= 4 is 19.9 Å². The minimum absolute atomic E-state index is 0.520. The van der Waals surface area contributed by atoms with Crippen LogP contribution in [0.2, 0.25) is 0 Å². The largest absolute Gasteiger partial charge is 0.301 e. The molecular weight excluding hydrogens is 212 g/mol. The minimum Gasteiger partial charge on any atom is -0.301 e. The molecule has 0 N–H and O–H groups in total. The fourth-order valence-corrected chi connectivity index (χ4v) is 2.50. The van der Waals surface area contributed by atoms with Gasteiger partial charge in [-0.3, -0.25) is 0 Å². The first-order valence-corrected chi connectivity index (χ1v) is 6.72. The summed E-state index contributed by atoms with van der Waals surface area (Å²) in [7, 11) is 1.73. The minimum atomic E-state index is -3.49. The molecule has 0 aromatic heterocycles. The maximum absolute atomic E-state index is 10.9. The van der Waals surface area contributed by atoms with Gasteiger partial charge in [0.05, 0.1) is 0 Å². The molecule has 0 aliphatic carbocycles. The van der Waals surface area contributed by atoms with Gasteiger partial charge in [-0.1, -0.05) is 6.92 Å². The molecule has 6 heteroatoms. The molecule has 1 aliphatic rings. The van der Waals surface area contributed by atoms with Crippen molar-refractivity contribution in [3.05, 3.63) is 0 Å². The van der Waals surface area contributed by atoms with E-state index >= 15 is 0 Å². The Balaban J connectivity index is 2.39. The third-order valence-corrected chi connectivity index (χ3v) is 3.75. The lowest BCUT2D eigenvalue weighted by Gasteiger charge is -2.32. The van der Waals surface area contributed by atoms with Crippen molar-refractivity contribution in [2.75, 3.05) is 32.7 Å². The van der Waals surface area contributed by atoms with Crippen LogP contribution in [0.25, 0.3) is 0 Å². The van der Waals surface area contributed by atoms with Crippen LogP contribution in [0.15, 0.2) is 0 Å². The van der Waals surface area contributed by atoms with E-state index in [9.17, 15) is 8.42 Å². The molecule has 0 spiro atoms. The van der Waals surface area contributed by atoms with E-state index in [1.54, 1.807) is 0 Å². The van der Waals surface area contributed by atoms with Crippen LogP contribution in [0.5, 0.6) is 0 Å². The molecular formula is C7H15ClN2O2S. The molecule has 0 unspecified atom stereocenters. The first kappa shape index (κ1) is 11.2. The van der Waals surface area contributed by atoms with Crippen LogP contribution >= 0.6 is 10.7 Å². The van der Waals surface area contributed by atoms with E-state index in [1.807, 2.05) is 0 Å². The first-order valence-electron chi connectivity index (χ1n) is 4.46. The maximum atomic E-state index is 10.9. The van der Waals surface area contributed by atoms with Crippen molar-refractivity contribution in [1.29, 1.82) is 0 Å². The second-order valence-corrected chi connectivity index (χ2v) is 5.69. The van der Waals surface area contributed by atoms with Gasteiger partial charge in [0.25, 0.3) is 9.24 Å². The second-order valence-electron chi connectivity index (χ2n) is 3.18. The van der Waals surface area contributed by atoms with Crippen molar-refractivity contribution in [3.8, 4) is 0 Å². The molecule has 0 atom stereocenters. The summed E-state index contributed by atoms with van der Waals surface area (Å²) in [5, 5.41) is 0. The summed E-state index contributed by atoms with van der Waals surface area (Å²) >= 11 is 0. The standard InChI is InChI=1S/C7H15ClN2O2S/c1-2-3-9-4-6-10(7-5-9)13(8,11)12/h2-7H2,1H3. The summed E-state index contributed by atoms with van der Waals surface area (Å²) in [5.74, 6) is 0. The third kappa shape index (κ3) is 3.42. The molecule has 1 saturated heterocycles. The van der Waals surface area contributed by atoms with E-state index in [2.05, 4.69) is 11.8 Å². The van der Waals surface area contributed by atoms with Crippen molar-refractivity contribution < 1.29 is 8.42 Å². The Labute approximate surface area is 84.0 Å². The highest BCUT2D eigenvalue weighted by Crippen LogP contribution is 2.10. The highest BCUT2D eigenvalue weighted by molar-refractivity contribution is 8.11. The molecule has 1 aliphatic heterocycles.